The third-order valence-corrected chi connectivity index (χ3v) is 3.70. The van der Waals surface area contributed by atoms with Crippen LogP contribution in [0.4, 0.5) is 0 Å². The number of methoxy groups -OCH3 is 1. The Labute approximate surface area is 116 Å². The Morgan fingerprint density at radius 2 is 2.47 bits per heavy atom. The molecule has 1 aliphatic rings. The number of rotatable bonds is 5. The zero-order valence-electron chi connectivity index (χ0n) is 11.3. The molecule has 1 atom stereocenters. The lowest BCUT2D eigenvalue weighted by Crippen LogP contribution is -2.40. The highest BCUT2D eigenvalue weighted by Gasteiger charge is 2.28. The van der Waals surface area contributed by atoms with Gasteiger partial charge in [0.15, 0.2) is 5.82 Å². The summed E-state index contributed by atoms with van der Waals surface area (Å²) in [7, 11) is 1.53. The third kappa shape index (κ3) is 3.70. The zero-order chi connectivity index (χ0) is 13.7. The Morgan fingerprint density at radius 3 is 3.21 bits per heavy atom. The molecular formula is C12H19N3O3S. The first-order chi connectivity index (χ1) is 9.24. The molecule has 2 heterocycles. The van der Waals surface area contributed by atoms with Gasteiger partial charge in [0.2, 0.25) is 11.8 Å². The normalized spacial score (nSPS) is 19.7. The molecule has 0 spiro atoms. The predicted molar refractivity (Wildman–Crippen MR) is 71.9 cm³/mol. The molecule has 1 aliphatic heterocycles. The zero-order valence-corrected chi connectivity index (χ0v) is 12.1. The van der Waals surface area contributed by atoms with Crippen molar-refractivity contribution in [1.82, 2.24) is 15.0 Å². The molecule has 0 N–H and O–H groups in total. The van der Waals surface area contributed by atoms with Crippen LogP contribution >= 0.6 is 11.8 Å². The number of carbonyl (C=O) groups is 1. The molecule has 0 aromatic carbocycles. The summed E-state index contributed by atoms with van der Waals surface area (Å²) in [5.74, 6) is 2.30. The maximum Gasteiger partial charge on any atom is 0.248 e. The van der Waals surface area contributed by atoms with E-state index in [0.717, 1.165) is 31.0 Å². The SMILES string of the molecule is COCC(=O)N1CCC[C@@H](c2nc(CSC)no2)C1. The minimum Gasteiger partial charge on any atom is -0.375 e. The van der Waals surface area contributed by atoms with Gasteiger partial charge in [-0.05, 0) is 19.1 Å². The highest BCUT2D eigenvalue weighted by atomic mass is 32.2. The molecule has 0 saturated carbocycles. The maximum absolute atomic E-state index is 11.8. The Balaban J connectivity index is 1.97. The van der Waals surface area contributed by atoms with E-state index < -0.39 is 0 Å². The molecule has 1 aromatic heterocycles. The average Bonchev–Trinajstić information content (AvgIpc) is 2.88. The molecular weight excluding hydrogens is 266 g/mol. The summed E-state index contributed by atoms with van der Waals surface area (Å²) in [6.45, 7) is 1.56. The van der Waals surface area contributed by atoms with Gasteiger partial charge in [-0.1, -0.05) is 5.16 Å². The fraction of sp³-hybridized carbons (Fsp3) is 0.750. The van der Waals surface area contributed by atoms with Gasteiger partial charge in [-0.25, -0.2) is 0 Å². The van der Waals surface area contributed by atoms with Crippen molar-refractivity contribution < 1.29 is 14.1 Å². The van der Waals surface area contributed by atoms with Gasteiger partial charge in [0.05, 0.1) is 11.7 Å². The first kappa shape index (κ1) is 14.3. The number of amides is 1. The van der Waals surface area contributed by atoms with Crippen molar-refractivity contribution in [2.24, 2.45) is 0 Å². The topological polar surface area (TPSA) is 68.5 Å². The smallest absolute Gasteiger partial charge is 0.248 e. The van der Waals surface area contributed by atoms with E-state index in [1.807, 2.05) is 11.2 Å². The number of likely N-dealkylation sites (tertiary alicyclic amines) is 1. The largest absolute Gasteiger partial charge is 0.375 e. The van der Waals surface area contributed by atoms with E-state index in [0.29, 0.717) is 12.4 Å². The van der Waals surface area contributed by atoms with E-state index in [-0.39, 0.29) is 18.4 Å². The number of piperidine rings is 1. The molecule has 106 valence electrons. The van der Waals surface area contributed by atoms with Crippen LogP contribution in [0.5, 0.6) is 0 Å². The number of ether oxygens (including phenoxy) is 1. The van der Waals surface area contributed by atoms with Gasteiger partial charge in [0.25, 0.3) is 0 Å². The minimum atomic E-state index is 0.0241. The molecule has 7 heteroatoms. The summed E-state index contributed by atoms with van der Waals surface area (Å²) < 4.78 is 10.2. The van der Waals surface area contributed by atoms with Gasteiger partial charge in [0.1, 0.15) is 6.61 Å². The van der Waals surface area contributed by atoms with Crippen molar-refractivity contribution in [3.05, 3.63) is 11.7 Å². The standard InChI is InChI=1S/C12H19N3O3S/c1-17-7-11(16)15-5-3-4-9(6-15)12-13-10(8-19-2)14-18-12/h9H,3-8H2,1-2H3/t9-/m1/s1. The molecule has 1 aromatic rings. The minimum absolute atomic E-state index is 0.0241. The Hall–Kier alpha value is -1.08. The molecule has 1 saturated heterocycles. The van der Waals surface area contributed by atoms with Crippen molar-refractivity contribution >= 4 is 17.7 Å². The van der Waals surface area contributed by atoms with Crippen LogP contribution in [-0.2, 0) is 15.3 Å². The van der Waals surface area contributed by atoms with Gasteiger partial charge in [0, 0.05) is 20.2 Å². The van der Waals surface area contributed by atoms with Gasteiger partial charge in [-0.15, -0.1) is 0 Å². The van der Waals surface area contributed by atoms with Gasteiger partial charge in [-0.2, -0.15) is 16.7 Å². The molecule has 0 aliphatic carbocycles. The van der Waals surface area contributed by atoms with Crippen LogP contribution in [-0.4, -0.2) is 54.0 Å². The number of carbonyl (C=O) groups excluding carboxylic acids is 1. The van der Waals surface area contributed by atoms with Crippen LogP contribution in [0, 0.1) is 0 Å². The molecule has 1 amide bonds. The summed E-state index contributed by atoms with van der Waals surface area (Å²) in [6, 6.07) is 0. The lowest BCUT2D eigenvalue weighted by Gasteiger charge is -2.30. The molecule has 2 rings (SSSR count). The lowest BCUT2D eigenvalue weighted by atomic mass is 9.98. The third-order valence-electron chi connectivity index (χ3n) is 3.15. The predicted octanol–water partition coefficient (Wildman–Crippen LogP) is 1.29. The molecule has 19 heavy (non-hydrogen) atoms. The number of thioether (sulfide) groups is 1. The van der Waals surface area contributed by atoms with Crippen LogP contribution < -0.4 is 0 Å². The van der Waals surface area contributed by atoms with Crippen molar-refractivity contribution in [2.75, 3.05) is 33.1 Å². The lowest BCUT2D eigenvalue weighted by molar-refractivity contribution is -0.136. The van der Waals surface area contributed by atoms with Gasteiger partial charge < -0.3 is 14.2 Å². The second-order valence-corrected chi connectivity index (χ2v) is 5.46. The van der Waals surface area contributed by atoms with Crippen LogP contribution in [0.15, 0.2) is 4.52 Å². The van der Waals surface area contributed by atoms with Crippen LogP contribution in [0.2, 0.25) is 0 Å². The second-order valence-electron chi connectivity index (χ2n) is 4.59. The number of hydrogen-bond donors (Lipinski definition) is 0. The van der Waals surface area contributed by atoms with E-state index in [2.05, 4.69) is 10.1 Å². The Bertz CT molecular complexity index is 424. The van der Waals surface area contributed by atoms with Crippen LogP contribution in [0.3, 0.4) is 0 Å². The monoisotopic (exact) mass is 285 g/mol. The summed E-state index contributed by atoms with van der Waals surface area (Å²) in [4.78, 5) is 18.0. The van der Waals surface area contributed by atoms with Crippen molar-refractivity contribution in [3.8, 4) is 0 Å². The highest BCUT2D eigenvalue weighted by molar-refractivity contribution is 7.97. The van der Waals surface area contributed by atoms with Gasteiger partial charge >= 0.3 is 0 Å². The average molecular weight is 285 g/mol. The number of aromatic nitrogens is 2. The second kappa shape index (κ2) is 6.91. The van der Waals surface area contributed by atoms with Crippen LogP contribution in [0.1, 0.15) is 30.5 Å². The van der Waals surface area contributed by atoms with E-state index in [4.69, 9.17) is 9.26 Å². The molecule has 1 fully saturated rings. The molecule has 0 unspecified atom stereocenters. The van der Waals surface area contributed by atoms with E-state index >= 15 is 0 Å². The van der Waals surface area contributed by atoms with Crippen molar-refractivity contribution in [2.45, 2.75) is 24.5 Å². The Kier molecular flexibility index (Phi) is 5.21. The summed E-state index contributed by atoms with van der Waals surface area (Å²) in [5, 5.41) is 3.95. The number of hydrogen-bond acceptors (Lipinski definition) is 6. The highest BCUT2D eigenvalue weighted by Crippen LogP contribution is 2.26. The van der Waals surface area contributed by atoms with E-state index in [1.54, 1.807) is 11.8 Å². The maximum atomic E-state index is 11.8. The van der Waals surface area contributed by atoms with Crippen LogP contribution in [0.25, 0.3) is 0 Å². The number of nitrogens with zero attached hydrogens (tertiary/aromatic N) is 3. The van der Waals surface area contributed by atoms with Crippen molar-refractivity contribution in [3.63, 3.8) is 0 Å². The molecule has 0 radical (unpaired) electrons. The van der Waals surface area contributed by atoms with E-state index in [1.165, 1.54) is 7.11 Å². The summed E-state index contributed by atoms with van der Waals surface area (Å²) >= 11 is 1.66. The first-order valence-electron chi connectivity index (χ1n) is 6.32. The first-order valence-corrected chi connectivity index (χ1v) is 7.72. The van der Waals surface area contributed by atoms with E-state index in [9.17, 15) is 4.79 Å². The molecule has 6 nitrogen and oxygen atoms in total. The summed E-state index contributed by atoms with van der Waals surface area (Å²) in [6.07, 6.45) is 3.94. The van der Waals surface area contributed by atoms with Crippen molar-refractivity contribution in [1.29, 1.82) is 0 Å². The Morgan fingerprint density at radius 1 is 1.63 bits per heavy atom. The van der Waals surface area contributed by atoms with Gasteiger partial charge in [-0.3, -0.25) is 4.79 Å². The summed E-state index contributed by atoms with van der Waals surface area (Å²) in [5.41, 5.74) is 0. The molecule has 0 bridgehead atoms. The fourth-order valence-electron chi connectivity index (χ4n) is 2.24. The fourth-order valence-corrected chi connectivity index (χ4v) is 2.62. The quantitative estimate of drug-likeness (QED) is 0.812.